The first-order chi connectivity index (χ1) is 7.16. The second-order valence-electron chi connectivity index (χ2n) is 4.10. The van der Waals surface area contributed by atoms with Gasteiger partial charge in [0.25, 0.3) is 0 Å². The van der Waals surface area contributed by atoms with Crippen LogP contribution in [0, 0.1) is 0 Å². The maximum atomic E-state index is 5.98. The summed E-state index contributed by atoms with van der Waals surface area (Å²) in [5.74, 6) is 0. The molecule has 0 aliphatic carbocycles. The van der Waals surface area contributed by atoms with Crippen molar-refractivity contribution < 1.29 is 0 Å². The molecule has 2 heterocycles. The van der Waals surface area contributed by atoms with Crippen molar-refractivity contribution in [3.8, 4) is 0 Å². The highest BCUT2D eigenvalue weighted by Gasteiger charge is 2.24. The van der Waals surface area contributed by atoms with E-state index in [1.807, 2.05) is 0 Å². The average Bonchev–Trinajstić information content (AvgIpc) is 2.57. The van der Waals surface area contributed by atoms with Crippen molar-refractivity contribution in [3.63, 3.8) is 0 Å². The Balaban J connectivity index is 1.98. The number of aromatic nitrogens is 2. The van der Waals surface area contributed by atoms with Crippen LogP contribution in [0.3, 0.4) is 0 Å². The van der Waals surface area contributed by atoms with E-state index in [-0.39, 0.29) is 0 Å². The quantitative estimate of drug-likeness (QED) is 0.860. The van der Waals surface area contributed by atoms with Crippen LogP contribution in [0.2, 0.25) is 4.34 Å². The molecule has 1 saturated heterocycles. The lowest BCUT2D eigenvalue weighted by Gasteiger charge is -2.35. The Morgan fingerprint density at radius 1 is 1.67 bits per heavy atom. The zero-order chi connectivity index (χ0) is 10.8. The van der Waals surface area contributed by atoms with Crippen LogP contribution in [0.25, 0.3) is 0 Å². The Hall–Kier alpha value is -0.230. The van der Waals surface area contributed by atoms with Crippen LogP contribution >= 0.6 is 23.1 Å². The van der Waals surface area contributed by atoms with E-state index < -0.39 is 0 Å². The first-order valence-electron chi connectivity index (χ1n) is 5.13. The molecule has 0 bridgehead atoms. The van der Waals surface area contributed by atoms with Crippen molar-refractivity contribution in [1.29, 1.82) is 0 Å². The van der Waals surface area contributed by atoms with Gasteiger partial charge in [0.1, 0.15) is 10.0 Å². The zero-order valence-electron chi connectivity index (χ0n) is 8.69. The highest BCUT2D eigenvalue weighted by Crippen LogP contribution is 2.23. The average molecular weight is 247 g/mol. The molecular weight excluding hydrogens is 232 g/mol. The molecule has 1 aliphatic rings. The lowest BCUT2D eigenvalue weighted by Crippen LogP contribution is -2.45. The Morgan fingerprint density at radius 2 is 2.47 bits per heavy atom. The van der Waals surface area contributed by atoms with Crippen LogP contribution in [-0.2, 0) is 6.54 Å². The summed E-state index contributed by atoms with van der Waals surface area (Å²) < 4.78 is 4.54. The molecule has 1 aliphatic heterocycles. The van der Waals surface area contributed by atoms with E-state index in [2.05, 4.69) is 21.4 Å². The Kier molecular flexibility index (Phi) is 3.56. The van der Waals surface area contributed by atoms with Crippen molar-refractivity contribution in [2.75, 3.05) is 6.54 Å². The largest absolute Gasteiger partial charge is 0.328 e. The van der Waals surface area contributed by atoms with E-state index in [0.717, 1.165) is 31.6 Å². The van der Waals surface area contributed by atoms with E-state index >= 15 is 0 Å². The third-order valence-electron chi connectivity index (χ3n) is 2.92. The van der Waals surface area contributed by atoms with Crippen molar-refractivity contribution in [1.82, 2.24) is 14.5 Å². The smallest absolute Gasteiger partial charge is 0.138 e. The molecule has 6 heteroatoms. The summed E-state index contributed by atoms with van der Waals surface area (Å²) in [5.41, 5.74) is 6.80. The number of hydrogen-bond donors (Lipinski definition) is 1. The van der Waals surface area contributed by atoms with Gasteiger partial charge in [-0.15, -0.1) is 5.10 Å². The van der Waals surface area contributed by atoms with Gasteiger partial charge in [-0.25, -0.2) is 0 Å². The van der Waals surface area contributed by atoms with Gasteiger partial charge in [0.15, 0.2) is 0 Å². The predicted molar refractivity (Wildman–Crippen MR) is 62.0 cm³/mol. The topological polar surface area (TPSA) is 55.0 Å². The SMILES string of the molecule is CC1CC(N)CCN1Cc1nnsc1Cl. The van der Waals surface area contributed by atoms with Crippen LogP contribution in [0.15, 0.2) is 0 Å². The van der Waals surface area contributed by atoms with Gasteiger partial charge in [0.2, 0.25) is 0 Å². The van der Waals surface area contributed by atoms with E-state index in [1.54, 1.807) is 0 Å². The fourth-order valence-corrected chi connectivity index (χ4v) is 2.59. The highest BCUT2D eigenvalue weighted by molar-refractivity contribution is 7.10. The van der Waals surface area contributed by atoms with Gasteiger partial charge in [-0.05, 0) is 19.8 Å². The lowest BCUT2D eigenvalue weighted by atomic mass is 9.99. The van der Waals surface area contributed by atoms with Crippen molar-refractivity contribution in [3.05, 3.63) is 10.0 Å². The molecule has 15 heavy (non-hydrogen) atoms. The van der Waals surface area contributed by atoms with E-state index in [4.69, 9.17) is 17.3 Å². The van der Waals surface area contributed by atoms with Gasteiger partial charge in [-0.1, -0.05) is 16.1 Å². The summed E-state index contributed by atoms with van der Waals surface area (Å²) in [6.45, 7) is 4.02. The molecule has 0 spiro atoms. The molecule has 4 nitrogen and oxygen atoms in total. The molecule has 2 unspecified atom stereocenters. The van der Waals surface area contributed by atoms with Crippen LogP contribution < -0.4 is 5.73 Å². The minimum Gasteiger partial charge on any atom is -0.328 e. The third kappa shape index (κ3) is 2.66. The first-order valence-corrected chi connectivity index (χ1v) is 6.28. The monoisotopic (exact) mass is 246 g/mol. The maximum absolute atomic E-state index is 5.98. The number of piperidine rings is 1. The van der Waals surface area contributed by atoms with Gasteiger partial charge in [0.05, 0.1) is 0 Å². The summed E-state index contributed by atoms with van der Waals surface area (Å²) in [6.07, 6.45) is 2.11. The summed E-state index contributed by atoms with van der Waals surface area (Å²) in [4.78, 5) is 2.37. The number of nitrogens with two attached hydrogens (primary N) is 1. The van der Waals surface area contributed by atoms with Gasteiger partial charge < -0.3 is 5.73 Å². The molecule has 0 amide bonds. The van der Waals surface area contributed by atoms with Crippen molar-refractivity contribution >= 4 is 23.1 Å². The van der Waals surface area contributed by atoms with Gasteiger partial charge in [0, 0.05) is 36.7 Å². The maximum Gasteiger partial charge on any atom is 0.138 e. The molecule has 0 aromatic carbocycles. The minimum atomic E-state index is 0.347. The van der Waals surface area contributed by atoms with Gasteiger partial charge in [-0.3, -0.25) is 4.90 Å². The second kappa shape index (κ2) is 4.74. The molecule has 84 valence electrons. The number of rotatable bonds is 2. The van der Waals surface area contributed by atoms with Gasteiger partial charge >= 0.3 is 0 Å². The van der Waals surface area contributed by atoms with Gasteiger partial charge in [-0.2, -0.15) is 0 Å². The summed E-state index contributed by atoms with van der Waals surface area (Å²) in [5, 5.41) is 4.03. The van der Waals surface area contributed by atoms with E-state index in [9.17, 15) is 0 Å². The Bertz CT molecular complexity index is 330. The highest BCUT2D eigenvalue weighted by atomic mass is 35.5. The molecule has 2 atom stereocenters. The number of likely N-dealkylation sites (tertiary alicyclic amines) is 1. The number of halogens is 1. The molecule has 1 aromatic heterocycles. The molecular formula is C9H15ClN4S. The molecule has 1 fully saturated rings. The predicted octanol–water partition coefficient (Wildman–Crippen LogP) is 1.50. The Morgan fingerprint density at radius 3 is 3.07 bits per heavy atom. The molecule has 1 aromatic rings. The zero-order valence-corrected chi connectivity index (χ0v) is 10.3. The molecule has 2 N–H and O–H groups in total. The number of hydrogen-bond acceptors (Lipinski definition) is 5. The fourth-order valence-electron chi connectivity index (χ4n) is 1.98. The van der Waals surface area contributed by atoms with Crippen LogP contribution in [0.5, 0.6) is 0 Å². The Labute approximate surface area is 98.6 Å². The minimum absolute atomic E-state index is 0.347. The van der Waals surface area contributed by atoms with E-state index in [0.29, 0.717) is 16.4 Å². The summed E-state index contributed by atoms with van der Waals surface area (Å²) in [6, 6.07) is 0.854. The van der Waals surface area contributed by atoms with Crippen molar-refractivity contribution in [2.45, 2.75) is 38.4 Å². The summed E-state index contributed by atoms with van der Waals surface area (Å²) in [7, 11) is 0. The van der Waals surface area contributed by atoms with Crippen LogP contribution in [0.4, 0.5) is 0 Å². The van der Waals surface area contributed by atoms with Crippen molar-refractivity contribution in [2.24, 2.45) is 5.73 Å². The number of nitrogens with zero attached hydrogens (tertiary/aromatic N) is 3. The molecule has 0 radical (unpaired) electrons. The van der Waals surface area contributed by atoms with E-state index in [1.165, 1.54) is 11.5 Å². The molecule has 2 rings (SSSR count). The second-order valence-corrected chi connectivity index (χ2v) is 5.45. The lowest BCUT2D eigenvalue weighted by molar-refractivity contribution is 0.138. The third-order valence-corrected chi connectivity index (χ3v) is 3.90. The van der Waals surface area contributed by atoms with Crippen LogP contribution in [-0.4, -0.2) is 33.1 Å². The van der Waals surface area contributed by atoms with Crippen LogP contribution in [0.1, 0.15) is 25.5 Å². The first kappa shape index (κ1) is 11.3. The summed E-state index contributed by atoms with van der Waals surface area (Å²) >= 11 is 7.23. The standard InChI is InChI=1S/C9H15ClN4S/c1-6-4-7(11)2-3-14(6)5-8-9(10)15-13-12-8/h6-7H,2-5,11H2,1H3. The molecule has 0 saturated carbocycles. The fraction of sp³-hybridized carbons (Fsp3) is 0.778. The normalized spacial score (nSPS) is 28.2.